The lowest BCUT2D eigenvalue weighted by molar-refractivity contribution is -0.163. The van der Waals surface area contributed by atoms with Crippen molar-refractivity contribution in [3.05, 3.63) is 29.3 Å². The minimum atomic E-state index is -4.85. The maximum atomic E-state index is 12.8. The summed E-state index contributed by atoms with van der Waals surface area (Å²) in [7, 11) is 1.23. The van der Waals surface area contributed by atoms with E-state index in [0.29, 0.717) is 0 Å². The summed E-state index contributed by atoms with van der Waals surface area (Å²) in [5, 5.41) is 1.59. The quantitative estimate of drug-likeness (QED) is 0.683. The van der Waals surface area contributed by atoms with Crippen LogP contribution in [-0.4, -0.2) is 42.0 Å². The largest absolute Gasteiger partial charge is 0.383 e. The molecule has 0 saturated carbocycles. The van der Waals surface area contributed by atoms with Crippen LogP contribution in [0.1, 0.15) is 20.7 Å². The first-order chi connectivity index (χ1) is 9.66. The lowest BCUT2D eigenvalue weighted by Gasteiger charge is -2.14. The molecule has 1 aliphatic rings. The van der Waals surface area contributed by atoms with Crippen LogP contribution in [0.2, 0.25) is 0 Å². The number of fused-ring (bicyclic) bond motifs is 1. The molecule has 3 amide bonds. The minimum Gasteiger partial charge on any atom is -0.321 e. The predicted octanol–water partition coefficient (Wildman–Crippen LogP) is 1.75. The molecule has 1 aliphatic heterocycles. The van der Waals surface area contributed by atoms with Gasteiger partial charge in [0.1, 0.15) is 0 Å². The Hall–Kier alpha value is -2.45. The zero-order valence-corrected chi connectivity index (χ0v) is 10.5. The zero-order chi connectivity index (χ0) is 15.9. The highest BCUT2D eigenvalue weighted by atomic mass is 19.3. The summed E-state index contributed by atoms with van der Waals surface area (Å²) in [4.78, 5) is 35.2. The molecule has 0 saturated heterocycles. The fourth-order valence-corrected chi connectivity index (χ4v) is 1.75. The van der Waals surface area contributed by atoms with Gasteiger partial charge in [-0.3, -0.25) is 19.3 Å². The number of carbonyl (C=O) groups is 3. The Kier molecular flexibility index (Phi) is 3.44. The van der Waals surface area contributed by atoms with Crippen molar-refractivity contribution >= 4 is 23.4 Å². The van der Waals surface area contributed by atoms with Crippen molar-refractivity contribution in [2.75, 3.05) is 12.4 Å². The molecule has 1 aromatic rings. The van der Waals surface area contributed by atoms with Gasteiger partial charge >= 0.3 is 18.3 Å². The van der Waals surface area contributed by atoms with Gasteiger partial charge in [-0.1, -0.05) is 0 Å². The zero-order valence-electron chi connectivity index (χ0n) is 10.5. The Morgan fingerprint density at radius 3 is 2.33 bits per heavy atom. The maximum absolute atomic E-state index is 12.8. The van der Waals surface area contributed by atoms with Crippen molar-refractivity contribution in [1.82, 2.24) is 4.90 Å². The van der Waals surface area contributed by atoms with Gasteiger partial charge in [0.05, 0.1) is 11.1 Å². The van der Waals surface area contributed by atoms with E-state index in [4.69, 9.17) is 0 Å². The number of hydrogen-bond acceptors (Lipinski definition) is 3. The summed E-state index contributed by atoms with van der Waals surface area (Å²) in [5.41, 5.74) is -0.336. The van der Waals surface area contributed by atoms with E-state index >= 15 is 0 Å². The standard InChI is InChI=1S/C12H8F4N2O3/c1-18-8(19)6-3-2-5(4-7(6)9(18)20)17-11(21)12(15,16)10(13)14/h2-4,10H,1H3,(H,17,21). The molecule has 5 nitrogen and oxygen atoms in total. The monoisotopic (exact) mass is 304 g/mol. The Morgan fingerprint density at radius 1 is 1.19 bits per heavy atom. The van der Waals surface area contributed by atoms with E-state index in [0.717, 1.165) is 23.1 Å². The first kappa shape index (κ1) is 14.9. The average Bonchev–Trinajstić information content (AvgIpc) is 2.63. The highest BCUT2D eigenvalue weighted by Crippen LogP contribution is 2.27. The number of carbonyl (C=O) groups excluding carboxylic acids is 3. The number of anilines is 1. The third-order valence-electron chi connectivity index (χ3n) is 2.92. The van der Waals surface area contributed by atoms with Gasteiger partial charge < -0.3 is 5.32 Å². The summed E-state index contributed by atoms with van der Waals surface area (Å²) in [6, 6.07) is 3.20. The lowest BCUT2D eigenvalue weighted by Crippen LogP contribution is -2.41. The molecule has 9 heteroatoms. The summed E-state index contributed by atoms with van der Waals surface area (Å²) >= 11 is 0. The third kappa shape index (κ3) is 2.34. The second-order valence-electron chi connectivity index (χ2n) is 4.31. The van der Waals surface area contributed by atoms with Crippen LogP contribution >= 0.6 is 0 Å². The fourth-order valence-electron chi connectivity index (χ4n) is 1.75. The van der Waals surface area contributed by atoms with E-state index < -0.39 is 30.1 Å². The molecule has 0 atom stereocenters. The first-order valence-electron chi connectivity index (χ1n) is 5.60. The summed E-state index contributed by atoms with van der Waals surface area (Å²) in [6.45, 7) is 0. The van der Waals surface area contributed by atoms with Gasteiger partial charge in [-0.15, -0.1) is 0 Å². The molecular formula is C12H8F4N2O3. The Labute approximate surface area is 115 Å². The molecular weight excluding hydrogens is 296 g/mol. The molecule has 0 aromatic heterocycles. The molecule has 0 aliphatic carbocycles. The Morgan fingerprint density at radius 2 is 1.76 bits per heavy atom. The molecule has 0 unspecified atom stereocenters. The van der Waals surface area contributed by atoms with E-state index in [9.17, 15) is 31.9 Å². The number of imide groups is 1. The van der Waals surface area contributed by atoms with Gasteiger partial charge in [0.25, 0.3) is 11.8 Å². The van der Waals surface area contributed by atoms with Crippen molar-refractivity contribution in [1.29, 1.82) is 0 Å². The van der Waals surface area contributed by atoms with Crippen LogP contribution < -0.4 is 5.32 Å². The van der Waals surface area contributed by atoms with Gasteiger partial charge in [-0.05, 0) is 18.2 Å². The molecule has 0 spiro atoms. The number of hydrogen-bond donors (Lipinski definition) is 1. The minimum absolute atomic E-state index is 0.0427. The molecule has 1 aromatic carbocycles. The SMILES string of the molecule is CN1C(=O)c2ccc(NC(=O)C(F)(F)C(F)F)cc2C1=O. The highest BCUT2D eigenvalue weighted by molar-refractivity contribution is 6.21. The number of rotatable bonds is 3. The second-order valence-corrected chi connectivity index (χ2v) is 4.31. The van der Waals surface area contributed by atoms with E-state index in [1.807, 2.05) is 0 Å². The fraction of sp³-hybridized carbons (Fsp3) is 0.250. The first-order valence-corrected chi connectivity index (χ1v) is 5.60. The number of nitrogens with one attached hydrogen (secondary N) is 1. The molecule has 112 valence electrons. The number of benzene rings is 1. The van der Waals surface area contributed by atoms with Gasteiger partial charge in [0.15, 0.2) is 0 Å². The van der Waals surface area contributed by atoms with Crippen LogP contribution in [0.15, 0.2) is 18.2 Å². The van der Waals surface area contributed by atoms with Gasteiger partial charge in [0.2, 0.25) is 0 Å². The van der Waals surface area contributed by atoms with E-state index in [2.05, 4.69) is 0 Å². The number of amides is 3. The van der Waals surface area contributed by atoms with Crippen LogP contribution in [0.5, 0.6) is 0 Å². The molecule has 0 bridgehead atoms. The van der Waals surface area contributed by atoms with Gasteiger partial charge in [-0.2, -0.15) is 8.78 Å². The topological polar surface area (TPSA) is 66.5 Å². The van der Waals surface area contributed by atoms with E-state index in [1.54, 1.807) is 5.32 Å². The predicted molar refractivity (Wildman–Crippen MR) is 62.4 cm³/mol. The Bertz CT molecular complexity index is 645. The smallest absolute Gasteiger partial charge is 0.321 e. The van der Waals surface area contributed by atoms with E-state index in [1.165, 1.54) is 7.05 Å². The Balaban J connectivity index is 2.28. The third-order valence-corrected chi connectivity index (χ3v) is 2.92. The normalized spacial score (nSPS) is 14.7. The molecule has 1 heterocycles. The molecule has 1 N–H and O–H groups in total. The second kappa shape index (κ2) is 4.83. The van der Waals surface area contributed by atoms with Gasteiger partial charge in [0, 0.05) is 12.7 Å². The molecule has 0 radical (unpaired) electrons. The van der Waals surface area contributed by atoms with Crippen molar-refractivity contribution in [3.63, 3.8) is 0 Å². The van der Waals surface area contributed by atoms with Crippen LogP contribution in [0.25, 0.3) is 0 Å². The van der Waals surface area contributed by atoms with Crippen LogP contribution in [0.4, 0.5) is 23.2 Å². The number of alkyl halides is 4. The van der Waals surface area contributed by atoms with Crippen LogP contribution in [0.3, 0.4) is 0 Å². The molecule has 21 heavy (non-hydrogen) atoms. The molecule has 2 rings (SSSR count). The van der Waals surface area contributed by atoms with Crippen molar-refractivity contribution in [3.8, 4) is 0 Å². The number of halogens is 4. The summed E-state index contributed by atoms with van der Waals surface area (Å²) in [5.74, 6) is -8.30. The highest BCUT2D eigenvalue weighted by Gasteiger charge is 2.49. The van der Waals surface area contributed by atoms with Crippen molar-refractivity contribution < 1.29 is 31.9 Å². The average molecular weight is 304 g/mol. The van der Waals surface area contributed by atoms with Crippen molar-refractivity contribution in [2.45, 2.75) is 12.3 Å². The summed E-state index contributed by atoms with van der Waals surface area (Å²) in [6.07, 6.45) is -4.15. The van der Waals surface area contributed by atoms with Crippen molar-refractivity contribution in [2.24, 2.45) is 0 Å². The molecule has 0 fully saturated rings. The van der Waals surface area contributed by atoms with Gasteiger partial charge in [-0.25, -0.2) is 8.78 Å². The maximum Gasteiger partial charge on any atom is 0.383 e. The number of nitrogens with zero attached hydrogens (tertiary/aromatic N) is 1. The van der Waals surface area contributed by atoms with Crippen LogP contribution in [0, 0.1) is 0 Å². The summed E-state index contributed by atoms with van der Waals surface area (Å²) < 4.78 is 49.7. The van der Waals surface area contributed by atoms with E-state index in [-0.39, 0.29) is 16.8 Å². The lowest BCUT2D eigenvalue weighted by atomic mass is 10.1. The van der Waals surface area contributed by atoms with Crippen LogP contribution in [-0.2, 0) is 4.79 Å².